The molecule has 1 aromatic heterocycles. The van der Waals surface area contributed by atoms with E-state index in [4.69, 9.17) is 0 Å². The average Bonchev–Trinajstić information content (AvgIpc) is 2.67. The summed E-state index contributed by atoms with van der Waals surface area (Å²) in [5, 5.41) is 2.99. The quantitative estimate of drug-likeness (QED) is 0.813. The van der Waals surface area contributed by atoms with E-state index in [1.807, 2.05) is 7.05 Å². The van der Waals surface area contributed by atoms with Crippen LogP contribution in [0.3, 0.4) is 0 Å². The highest BCUT2D eigenvalue weighted by molar-refractivity contribution is 5.99. The van der Waals surface area contributed by atoms with Crippen molar-refractivity contribution >= 4 is 24.1 Å². The molecular formula is C12H20ClN3O2. The zero-order valence-corrected chi connectivity index (χ0v) is 12.0. The number of likely N-dealkylation sites (N-methyl/N-ethyl adjacent to an activating group) is 2. The normalized spacial score (nSPS) is 9.78. The molecule has 0 saturated carbocycles. The maximum absolute atomic E-state index is 12.1. The molecule has 0 unspecified atom stereocenters. The third-order valence-corrected chi connectivity index (χ3v) is 2.67. The molecule has 0 saturated heterocycles. The Labute approximate surface area is 114 Å². The number of hydrogen-bond acceptors (Lipinski definition) is 3. The monoisotopic (exact) mass is 273 g/mol. The Bertz CT molecular complexity index is 429. The fourth-order valence-electron chi connectivity index (χ4n) is 1.55. The van der Waals surface area contributed by atoms with Crippen LogP contribution in [0.25, 0.3) is 0 Å². The molecule has 0 aromatic carbocycles. The molecule has 1 amide bonds. The van der Waals surface area contributed by atoms with Gasteiger partial charge in [-0.25, -0.2) is 0 Å². The van der Waals surface area contributed by atoms with Gasteiger partial charge in [0.05, 0.1) is 0 Å². The smallest absolute Gasteiger partial charge is 0.270 e. The third kappa shape index (κ3) is 3.85. The van der Waals surface area contributed by atoms with E-state index in [1.54, 1.807) is 35.8 Å². The maximum atomic E-state index is 12.1. The predicted octanol–water partition coefficient (Wildman–Crippen LogP) is 0.941. The summed E-state index contributed by atoms with van der Waals surface area (Å²) in [5.74, 6) is -0.104. The van der Waals surface area contributed by atoms with Gasteiger partial charge in [0.25, 0.3) is 5.91 Å². The van der Waals surface area contributed by atoms with E-state index in [0.29, 0.717) is 17.8 Å². The highest BCUT2D eigenvalue weighted by atomic mass is 35.5. The Morgan fingerprint density at radius 2 is 2.06 bits per heavy atom. The standard InChI is InChI=1S/C12H19N3O2.ClH/c1-9(16)10-7-11(15(4)8-10)12(17)14(3)6-5-13-2;/h7-8,13H,5-6H2,1-4H3;1H. The summed E-state index contributed by atoms with van der Waals surface area (Å²) in [6.45, 7) is 2.87. The molecule has 1 rings (SSSR count). The lowest BCUT2D eigenvalue weighted by Crippen LogP contribution is -2.33. The third-order valence-electron chi connectivity index (χ3n) is 2.67. The van der Waals surface area contributed by atoms with Crippen molar-refractivity contribution in [3.8, 4) is 0 Å². The Morgan fingerprint density at radius 1 is 1.44 bits per heavy atom. The van der Waals surface area contributed by atoms with Crippen molar-refractivity contribution in [2.75, 3.05) is 27.2 Å². The molecule has 0 aliphatic carbocycles. The second-order valence-corrected chi connectivity index (χ2v) is 4.11. The molecule has 5 nitrogen and oxygen atoms in total. The van der Waals surface area contributed by atoms with E-state index in [1.165, 1.54) is 6.92 Å². The van der Waals surface area contributed by atoms with Crippen LogP contribution in [0.2, 0.25) is 0 Å². The van der Waals surface area contributed by atoms with Crippen LogP contribution >= 0.6 is 12.4 Å². The summed E-state index contributed by atoms with van der Waals surface area (Å²) in [4.78, 5) is 24.9. The van der Waals surface area contributed by atoms with Gasteiger partial charge in [0.15, 0.2) is 5.78 Å². The number of carbonyl (C=O) groups excluding carboxylic acids is 2. The van der Waals surface area contributed by atoms with Crippen LogP contribution in [-0.2, 0) is 7.05 Å². The highest BCUT2D eigenvalue weighted by Gasteiger charge is 2.16. The fraction of sp³-hybridized carbons (Fsp3) is 0.500. The zero-order chi connectivity index (χ0) is 13.0. The van der Waals surface area contributed by atoms with E-state index in [0.717, 1.165) is 6.54 Å². The Balaban J connectivity index is 0.00000289. The largest absolute Gasteiger partial charge is 0.346 e. The molecule has 1 heterocycles. The molecule has 0 fully saturated rings. The molecule has 0 spiro atoms. The van der Waals surface area contributed by atoms with E-state index < -0.39 is 0 Å². The first kappa shape index (κ1) is 16.7. The topological polar surface area (TPSA) is 54.3 Å². The fourth-order valence-corrected chi connectivity index (χ4v) is 1.55. The minimum Gasteiger partial charge on any atom is -0.346 e. The Kier molecular flexibility index (Phi) is 6.65. The number of amides is 1. The molecule has 1 aromatic rings. The van der Waals surface area contributed by atoms with Gasteiger partial charge in [-0.15, -0.1) is 12.4 Å². The van der Waals surface area contributed by atoms with Gasteiger partial charge in [-0.2, -0.15) is 0 Å². The number of hydrogen-bond donors (Lipinski definition) is 1. The molecule has 18 heavy (non-hydrogen) atoms. The number of aromatic nitrogens is 1. The predicted molar refractivity (Wildman–Crippen MR) is 73.6 cm³/mol. The maximum Gasteiger partial charge on any atom is 0.270 e. The van der Waals surface area contributed by atoms with Gasteiger partial charge in [0.2, 0.25) is 0 Å². The van der Waals surface area contributed by atoms with Crippen molar-refractivity contribution in [1.82, 2.24) is 14.8 Å². The number of rotatable bonds is 5. The van der Waals surface area contributed by atoms with E-state index in [9.17, 15) is 9.59 Å². The minimum absolute atomic E-state index is 0. The van der Waals surface area contributed by atoms with Crippen molar-refractivity contribution in [1.29, 1.82) is 0 Å². The minimum atomic E-state index is -0.0738. The summed E-state index contributed by atoms with van der Waals surface area (Å²) in [6, 6.07) is 1.64. The molecule has 1 N–H and O–H groups in total. The molecule has 0 aliphatic heterocycles. The first-order valence-electron chi connectivity index (χ1n) is 5.54. The van der Waals surface area contributed by atoms with Gasteiger partial charge < -0.3 is 14.8 Å². The number of carbonyl (C=O) groups is 2. The van der Waals surface area contributed by atoms with Gasteiger partial charge in [-0.1, -0.05) is 0 Å². The van der Waals surface area contributed by atoms with Gasteiger partial charge in [-0.05, 0) is 20.0 Å². The van der Waals surface area contributed by atoms with Gasteiger partial charge >= 0.3 is 0 Å². The van der Waals surface area contributed by atoms with Crippen LogP contribution in [0.15, 0.2) is 12.3 Å². The van der Waals surface area contributed by atoms with Crippen LogP contribution in [0.5, 0.6) is 0 Å². The zero-order valence-electron chi connectivity index (χ0n) is 11.2. The van der Waals surface area contributed by atoms with Crippen molar-refractivity contribution in [3.63, 3.8) is 0 Å². The SMILES string of the molecule is CNCCN(C)C(=O)c1cc(C(C)=O)cn1C.Cl. The lowest BCUT2D eigenvalue weighted by atomic mass is 10.2. The van der Waals surface area contributed by atoms with Gasteiger partial charge in [-0.3, -0.25) is 9.59 Å². The highest BCUT2D eigenvalue weighted by Crippen LogP contribution is 2.10. The summed E-state index contributed by atoms with van der Waals surface area (Å²) in [6.07, 6.45) is 1.68. The second-order valence-electron chi connectivity index (χ2n) is 4.11. The number of ketones is 1. The molecule has 0 atom stereocenters. The number of nitrogens with zero attached hydrogens (tertiary/aromatic N) is 2. The van der Waals surface area contributed by atoms with Gasteiger partial charge in [0, 0.05) is 38.9 Å². The second kappa shape index (κ2) is 7.18. The molecular weight excluding hydrogens is 254 g/mol. The van der Waals surface area contributed by atoms with Crippen molar-refractivity contribution in [3.05, 3.63) is 23.5 Å². The Morgan fingerprint density at radius 3 is 2.50 bits per heavy atom. The summed E-state index contributed by atoms with van der Waals surface area (Å²) >= 11 is 0. The molecule has 102 valence electrons. The van der Waals surface area contributed by atoms with E-state index in [2.05, 4.69) is 5.32 Å². The number of Topliss-reactive ketones (excluding diaryl/α,β-unsaturated/α-hetero) is 1. The van der Waals surface area contributed by atoms with Gasteiger partial charge in [0.1, 0.15) is 5.69 Å². The molecule has 6 heteroatoms. The summed E-state index contributed by atoms with van der Waals surface area (Å²) in [5.41, 5.74) is 1.10. The molecule has 0 bridgehead atoms. The summed E-state index contributed by atoms with van der Waals surface area (Å²) < 4.78 is 1.69. The van der Waals surface area contributed by atoms with Crippen LogP contribution in [0.4, 0.5) is 0 Å². The number of nitrogens with one attached hydrogen (secondary N) is 1. The first-order valence-corrected chi connectivity index (χ1v) is 5.54. The van der Waals surface area contributed by atoms with Crippen molar-refractivity contribution < 1.29 is 9.59 Å². The Hall–Kier alpha value is -1.33. The number of halogens is 1. The average molecular weight is 274 g/mol. The number of aryl methyl sites for hydroxylation is 1. The lowest BCUT2D eigenvalue weighted by molar-refractivity contribution is 0.0787. The van der Waals surface area contributed by atoms with Crippen LogP contribution in [0, 0.1) is 0 Å². The van der Waals surface area contributed by atoms with Crippen molar-refractivity contribution in [2.24, 2.45) is 7.05 Å². The molecule has 0 radical (unpaired) electrons. The van der Waals surface area contributed by atoms with E-state index in [-0.39, 0.29) is 24.1 Å². The molecule has 0 aliphatic rings. The van der Waals surface area contributed by atoms with E-state index >= 15 is 0 Å². The van der Waals surface area contributed by atoms with Crippen molar-refractivity contribution in [2.45, 2.75) is 6.92 Å². The summed E-state index contributed by atoms with van der Waals surface area (Å²) in [7, 11) is 5.36. The first-order chi connectivity index (χ1) is 7.97. The van der Waals surface area contributed by atoms with Crippen LogP contribution in [-0.4, -0.2) is 48.3 Å². The lowest BCUT2D eigenvalue weighted by Gasteiger charge is -2.16. The van der Waals surface area contributed by atoms with Crippen LogP contribution in [0.1, 0.15) is 27.8 Å². The van der Waals surface area contributed by atoms with Crippen LogP contribution < -0.4 is 5.32 Å².